The van der Waals surface area contributed by atoms with Gasteiger partial charge in [0.2, 0.25) is 5.91 Å². The largest absolute Gasteiger partial charge is 0.338 e. The average molecular weight is 689 g/mol. The third kappa shape index (κ3) is 5.15. The number of carbonyl (C=O) groups is 2. The topological polar surface area (TPSA) is 68.2 Å². The summed E-state index contributed by atoms with van der Waals surface area (Å²) in [4.78, 5) is 39.8. The number of nitrogens with zero attached hydrogens (tertiary/aromatic N) is 4. The lowest BCUT2D eigenvalue weighted by molar-refractivity contribution is -0.144. The molecule has 1 spiro atoms. The van der Waals surface area contributed by atoms with Gasteiger partial charge in [-0.25, -0.2) is 13.8 Å². The number of amidine groups is 1. The van der Waals surface area contributed by atoms with Gasteiger partial charge in [-0.15, -0.1) is 0 Å². The minimum Gasteiger partial charge on any atom is -0.338 e. The molecule has 1 saturated carbocycles. The van der Waals surface area contributed by atoms with E-state index in [-0.39, 0.29) is 39.4 Å². The maximum atomic E-state index is 15.6. The first-order valence-electron chi connectivity index (χ1n) is 15.9. The molecule has 46 heavy (non-hydrogen) atoms. The molecule has 1 aliphatic carbocycles. The van der Waals surface area contributed by atoms with Gasteiger partial charge in [0, 0.05) is 47.5 Å². The maximum Gasteiger partial charge on any atom is 0.263 e. The van der Waals surface area contributed by atoms with Crippen LogP contribution in [0, 0.1) is 17.6 Å². The van der Waals surface area contributed by atoms with Gasteiger partial charge >= 0.3 is 0 Å². The summed E-state index contributed by atoms with van der Waals surface area (Å²) in [5.74, 6) is -1.46. The van der Waals surface area contributed by atoms with Crippen LogP contribution in [0.15, 0.2) is 52.0 Å². The number of hydrogen-bond donors (Lipinski definition) is 1. The molecule has 244 valence electrons. The van der Waals surface area contributed by atoms with E-state index in [9.17, 15) is 14.0 Å². The van der Waals surface area contributed by atoms with Crippen molar-refractivity contribution in [3.63, 3.8) is 0 Å². The van der Waals surface area contributed by atoms with Gasteiger partial charge in [-0.05, 0) is 87.0 Å². The third-order valence-corrected chi connectivity index (χ3v) is 11.8. The molecule has 5 aliphatic rings. The van der Waals surface area contributed by atoms with E-state index in [4.69, 9.17) is 28.2 Å². The Morgan fingerprint density at radius 3 is 2.52 bits per heavy atom. The number of fused-ring (bicyclic) bond motifs is 1. The minimum atomic E-state index is -1.19. The highest BCUT2D eigenvalue weighted by Gasteiger charge is 2.56. The van der Waals surface area contributed by atoms with Crippen LogP contribution in [0.5, 0.6) is 0 Å². The molecule has 0 radical (unpaired) electrons. The van der Waals surface area contributed by atoms with Crippen LogP contribution in [0.1, 0.15) is 70.5 Å². The van der Waals surface area contributed by atoms with Gasteiger partial charge < -0.3 is 20.0 Å². The van der Waals surface area contributed by atoms with E-state index in [0.717, 1.165) is 31.5 Å². The lowest BCUT2D eigenvalue weighted by Crippen LogP contribution is -2.58. The van der Waals surface area contributed by atoms with E-state index in [1.54, 1.807) is 23.1 Å². The summed E-state index contributed by atoms with van der Waals surface area (Å²) >= 11 is 13.4. The van der Waals surface area contributed by atoms with Crippen LogP contribution in [0.4, 0.5) is 8.78 Å². The molecule has 2 saturated heterocycles. The smallest absolute Gasteiger partial charge is 0.263 e. The first-order chi connectivity index (χ1) is 21.8. The molecule has 7 rings (SSSR count). The van der Waals surface area contributed by atoms with Gasteiger partial charge in [0.1, 0.15) is 28.1 Å². The van der Waals surface area contributed by atoms with E-state index in [1.807, 2.05) is 37.5 Å². The van der Waals surface area contributed by atoms with Gasteiger partial charge in [0.05, 0.1) is 11.1 Å². The number of likely N-dealkylation sites (tertiary alicyclic amines) is 1. The fourth-order valence-electron chi connectivity index (χ4n) is 7.73. The summed E-state index contributed by atoms with van der Waals surface area (Å²) in [6, 6.07) is 7.70. The van der Waals surface area contributed by atoms with E-state index in [0.29, 0.717) is 40.7 Å². The predicted octanol–water partition coefficient (Wildman–Crippen LogP) is 6.86. The zero-order chi connectivity index (χ0) is 32.7. The van der Waals surface area contributed by atoms with Gasteiger partial charge in [-0.1, -0.05) is 49.2 Å². The van der Waals surface area contributed by atoms with Crippen molar-refractivity contribution in [2.24, 2.45) is 10.9 Å². The Bertz CT molecular complexity index is 1700. The van der Waals surface area contributed by atoms with Gasteiger partial charge in [0.25, 0.3) is 5.91 Å². The van der Waals surface area contributed by atoms with Crippen LogP contribution in [-0.2, 0) is 15.1 Å². The molecule has 2 amide bonds. The average Bonchev–Trinajstić information content (AvgIpc) is 3.33. The van der Waals surface area contributed by atoms with Gasteiger partial charge in [-0.3, -0.25) is 9.59 Å². The van der Waals surface area contributed by atoms with Crippen molar-refractivity contribution < 1.29 is 18.4 Å². The Morgan fingerprint density at radius 1 is 1.09 bits per heavy atom. The number of rotatable bonds is 5. The van der Waals surface area contributed by atoms with E-state index in [1.165, 1.54) is 30.0 Å². The van der Waals surface area contributed by atoms with Gasteiger partial charge in [-0.2, -0.15) is 0 Å². The van der Waals surface area contributed by atoms with E-state index >= 15 is 4.39 Å². The number of benzene rings is 2. The van der Waals surface area contributed by atoms with Crippen LogP contribution < -0.4 is 5.32 Å². The molecule has 2 aromatic rings. The number of aliphatic imine (C=N–C) groups is 1. The highest BCUT2D eigenvalue weighted by Crippen LogP contribution is 2.57. The summed E-state index contributed by atoms with van der Waals surface area (Å²) in [5.41, 5.74) is 0.416. The standard InChI is InChI=1S/C34H37Cl2F2N5O2S/c1-18(2)27-28(31(45)42-19(3)5-10-26(42)30(44)41-14-13-39-34(17-41)11-12-34)46-32-40-33(4,22-8-7-21(35)16-24(22)37)29(43(27)32)20-6-9-23(36)25(38)15-20/h6-9,15-16,18-19,26,29,39H,5,10-14,17H2,1-4H3/t19-,26+,29-,33+/m1/s1. The number of nitrogens with one attached hydrogen (secondary N) is 1. The molecular weight excluding hydrogens is 651 g/mol. The molecule has 0 bridgehead atoms. The van der Waals surface area contributed by atoms with E-state index in [2.05, 4.69) is 5.32 Å². The summed E-state index contributed by atoms with van der Waals surface area (Å²) in [6.07, 6.45) is 3.48. The minimum absolute atomic E-state index is 0.0123. The van der Waals surface area contributed by atoms with Crippen molar-refractivity contribution in [3.05, 3.63) is 79.8 Å². The number of amides is 2. The summed E-state index contributed by atoms with van der Waals surface area (Å²) in [7, 11) is 0. The predicted molar refractivity (Wildman–Crippen MR) is 178 cm³/mol. The highest BCUT2D eigenvalue weighted by molar-refractivity contribution is 8.18. The van der Waals surface area contributed by atoms with Crippen LogP contribution in [0.25, 0.3) is 0 Å². The number of carbonyl (C=O) groups excluding carboxylic acids is 2. The molecule has 0 unspecified atom stereocenters. The lowest BCUT2D eigenvalue weighted by atomic mass is 9.80. The Morgan fingerprint density at radius 2 is 1.85 bits per heavy atom. The molecule has 2 aromatic carbocycles. The van der Waals surface area contributed by atoms with Gasteiger partial charge in [0.15, 0.2) is 5.17 Å². The first-order valence-corrected chi connectivity index (χ1v) is 17.5. The first kappa shape index (κ1) is 31.9. The molecule has 1 N–H and O–H groups in total. The molecule has 0 aromatic heterocycles. The number of hydrogen-bond acceptors (Lipinski definition) is 6. The third-order valence-electron chi connectivity index (χ3n) is 10.2. The van der Waals surface area contributed by atoms with Crippen molar-refractivity contribution in [3.8, 4) is 0 Å². The van der Waals surface area contributed by atoms with Crippen molar-refractivity contribution in [1.82, 2.24) is 20.0 Å². The SMILES string of the molecule is CC(C)C1=C(C(=O)N2[C@H](C)CC[C@H]2C(=O)N2CCNC3(CC3)C2)SC2=N[C@@](C)(c3ccc(Cl)cc3F)[C@@H](c3ccc(Cl)c(F)c3)N21. The monoisotopic (exact) mass is 687 g/mol. The molecule has 12 heteroatoms. The van der Waals surface area contributed by atoms with Crippen molar-refractivity contribution in [2.45, 2.75) is 82.6 Å². The Balaban J connectivity index is 1.28. The maximum absolute atomic E-state index is 15.6. The zero-order valence-corrected chi connectivity index (χ0v) is 28.6. The van der Waals surface area contributed by atoms with Crippen LogP contribution in [-0.4, -0.2) is 68.9 Å². The summed E-state index contributed by atoms with van der Waals surface area (Å²) < 4.78 is 30.6. The summed E-state index contributed by atoms with van der Waals surface area (Å²) in [6.45, 7) is 9.88. The second-order valence-electron chi connectivity index (χ2n) is 13.7. The fourth-order valence-corrected chi connectivity index (χ4v) is 9.35. The Labute approximate surface area is 282 Å². The number of halogens is 4. The number of piperazine rings is 1. The van der Waals surface area contributed by atoms with Crippen molar-refractivity contribution in [1.29, 1.82) is 0 Å². The zero-order valence-electron chi connectivity index (χ0n) is 26.2. The normalized spacial score (nSPS) is 28.4. The quantitative estimate of drug-likeness (QED) is 0.372. The molecule has 4 aliphatic heterocycles. The van der Waals surface area contributed by atoms with Crippen LogP contribution in [0.2, 0.25) is 10.0 Å². The number of allylic oxidation sites excluding steroid dienone is 1. The summed E-state index contributed by atoms with van der Waals surface area (Å²) in [5, 5.41) is 4.31. The molecule has 7 nitrogen and oxygen atoms in total. The second-order valence-corrected chi connectivity index (χ2v) is 15.5. The Hall–Kier alpha value is -2.66. The number of thioether (sulfide) groups is 1. The molecule has 4 atom stereocenters. The van der Waals surface area contributed by atoms with E-state index < -0.39 is 29.3 Å². The molecular formula is C34H37Cl2F2N5O2S. The lowest BCUT2D eigenvalue weighted by Gasteiger charge is -2.38. The second kappa shape index (κ2) is 11.5. The Kier molecular flexibility index (Phi) is 7.98. The van der Waals surface area contributed by atoms with Crippen molar-refractivity contribution >= 4 is 51.9 Å². The highest BCUT2D eigenvalue weighted by atomic mass is 35.5. The fraction of sp³-hybridized carbons (Fsp3) is 0.500. The van der Waals surface area contributed by atoms with Crippen LogP contribution >= 0.6 is 35.0 Å². The molecule has 4 heterocycles. The molecule has 3 fully saturated rings. The van der Waals surface area contributed by atoms with Crippen molar-refractivity contribution in [2.75, 3.05) is 19.6 Å². The van der Waals surface area contributed by atoms with Crippen LogP contribution in [0.3, 0.4) is 0 Å².